The van der Waals surface area contributed by atoms with Crippen molar-refractivity contribution in [2.75, 3.05) is 40.3 Å². The summed E-state index contributed by atoms with van der Waals surface area (Å²) in [6.45, 7) is 6.45. The average Bonchev–Trinajstić information content (AvgIpc) is 2.74. The van der Waals surface area contributed by atoms with Crippen molar-refractivity contribution >= 4 is 5.91 Å². The zero-order chi connectivity index (χ0) is 11.0. The Morgan fingerprint density at radius 3 is 2.33 bits per heavy atom. The number of likely N-dealkylation sites (tertiary alicyclic amines) is 1. The van der Waals surface area contributed by atoms with E-state index in [9.17, 15) is 4.79 Å². The highest BCUT2D eigenvalue weighted by molar-refractivity contribution is 5.80. The molecule has 0 aromatic heterocycles. The molecule has 3 atom stereocenters. The number of hydrogen-bond acceptors (Lipinski definition) is 3. The summed E-state index contributed by atoms with van der Waals surface area (Å²) in [5, 5.41) is 3.41. The van der Waals surface area contributed by atoms with Crippen molar-refractivity contribution in [1.82, 2.24) is 15.1 Å². The lowest BCUT2D eigenvalue weighted by Gasteiger charge is -2.26. The van der Waals surface area contributed by atoms with E-state index in [-0.39, 0.29) is 11.9 Å². The number of rotatable bonds is 2. The number of amides is 1. The van der Waals surface area contributed by atoms with E-state index in [2.05, 4.69) is 10.2 Å². The summed E-state index contributed by atoms with van der Waals surface area (Å²) in [5.41, 5.74) is 0. The number of hydrogen-bond donors (Lipinski definition) is 1. The molecule has 0 spiro atoms. The Morgan fingerprint density at radius 1 is 1.33 bits per heavy atom. The minimum Gasteiger partial charge on any atom is -0.347 e. The van der Waals surface area contributed by atoms with E-state index < -0.39 is 0 Å². The fourth-order valence-corrected chi connectivity index (χ4v) is 2.74. The first-order valence-corrected chi connectivity index (χ1v) is 5.75. The van der Waals surface area contributed by atoms with E-state index >= 15 is 0 Å². The first kappa shape index (κ1) is 10.9. The second kappa shape index (κ2) is 4.10. The van der Waals surface area contributed by atoms with Crippen LogP contribution in [0.15, 0.2) is 0 Å². The summed E-state index contributed by atoms with van der Waals surface area (Å²) in [5.74, 6) is 1.76. The summed E-state index contributed by atoms with van der Waals surface area (Å²) < 4.78 is 0. The van der Waals surface area contributed by atoms with Crippen LogP contribution < -0.4 is 5.32 Å². The highest BCUT2D eigenvalue weighted by Gasteiger charge is 2.39. The van der Waals surface area contributed by atoms with Crippen LogP contribution >= 0.6 is 0 Å². The minimum atomic E-state index is 0.0469. The maximum absolute atomic E-state index is 11.8. The van der Waals surface area contributed by atoms with Gasteiger partial charge in [-0.1, -0.05) is 0 Å². The molecule has 2 fully saturated rings. The van der Waals surface area contributed by atoms with E-state index in [0.717, 1.165) is 38.0 Å². The Bertz CT molecular complexity index is 242. The Morgan fingerprint density at radius 2 is 1.87 bits per heavy atom. The van der Waals surface area contributed by atoms with Crippen LogP contribution in [0.4, 0.5) is 0 Å². The Labute approximate surface area is 91.6 Å². The minimum absolute atomic E-state index is 0.0469. The van der Waals surface area contributed by atoms with Crippen LogP contribution in [-0.4, -0.2) is 62.0 Å². The van der Waals surface area contributed by atoms with Gasteiger partial charge in [-0.2, -0.15) is 0 Å². The number of carbonyl (C=O) groups is 1. The molecule has 0 aromatic rings. The van der Waals surface area contributed by atoms with Crippen LogP contribution in [0.1, 0.15) is 6.92 Å². The summed E-state index contributed by atoms with van der Waals surface area (Å²) in [6.07, 6.45) is 0. The van der Waals surface area contributed by atoms with E-state index in [4.69, 9.17) is 0 Å². The topological polar surface area (TPSA) is 35.6 Å². The van der Waals surface area contributed by atoms with Gasteiger partial charge < -0.3 is 10.2 Å². The van der Waals surface area contributed by atoms with Crippen LogP contribution in [0.2, 0.25) is 0 Å². The molecule has 86 valence electrons. The molecule has 4 nitrogen and oxygen atoms in total. The fourth-order valence-electron chi connectivity index (χ4n) is 2.74. The van der Waals surface area contributed by atoms with Gasteiger partial charge in [0.25, 0.3) is 0 Å². The molecule has 2 aliphatic heterocycles. The predicted octanol–water partition coefficient (Wildman–Crippen LogP) is -0.386. The molecular weight excluding hydrogens is 190 g/mol. The molecule has 1 unspecified atom stereocenters. The predicted molar refractivity (Wildman–Crippen MR) is 59.6 cm³/mol. The van der Waals surface area contributed by atoms with Gasteiger partial charge in [-0.3, -0.25) is 9.69 Å². The van der Waals surface area contributed by atoms with E-state index in [1.54, 1.807) is 4.90 Å². The summed E-state index contributed by atoms with van der Waals surface area (Å²) in [4.78, 5) is 15.8. The van der Waals surface area contributed by atoms with Crippen molar-refractivity contribution in [3.05, 3.63) is 0 Å². The Balaban J connectivity index is 1.93. The fraction of sp³-hybridized carbons (Fsp3) is 0.909. The van der Waals surface area contributed by atoms with Gasteiger partial charge in [0.05, 0.1) is 6.04 Å². The number of carbonyl (C=O) groups excluding carboxylic acids is 1. The molecule has 0 saturated carbocycles. The van der Waals surface area contributed by atoms with Gasteiger partial charge in [-0.15, -0.1) is 0 Å². The molecule has 1 amide bonds. The van der Waals surface area contributed by atoms with Gasteiger partial charge in [-0.05, 0) is 31.8 Å². The molecule has 15 heavy (non-hydrogen) atoms. The lowest BCUT2D eigenvalue weighted by Crippen LogP contribution is -2.44. The van der Waals surface area contributed by atoms with Gasteiger partial charge in [0.15, 0.2) is 0 Å². The molecule has 0 aliphatic carbocycles. The lowest BCUT2D eigenvalue weighted by molar-refractivity contribution is -0.133. The highest BCUT2D eigenvalue weighted by Crippen LogP contribution is 2.27. The largest absolute Gasteiger partial charge is 0.347 e. The van der Waals surface area contributed by atoms with E-state index in [1.165, 1.54) is 0 Å². The van der Waals surface area contributed by atoms with Crippen molar-refractivity contribution in [2.45, 2.75) is 13.0 Å². The molecule has 2 rings (SSSR count). The van der Waals surface area contributed by atoms with Gasteiger partial charge in [-0.25, -0.2) is 0 Å². The van der Waals surface area contributed by atoms with Crippen LogP contribution in [0.5, 0.6) is 0 Å². The maximum atomic E-state index is 11.8. The molecule has 2 aliphatic rings. The van der Waals surface area contributed by atoms with Gasteiger partial charge >= 0.3 is 0 Å². The summed E-state index contributed by atoms with van der Waals surface area (Å²) in [7, 11) is 3.66. The van der Waals surface area contributed by atoms with Crippen molar-refractivity contribution in [3.8, 4) is 0 Å². The normalized spacial score (nSPS) is 32.7. The third kappa shape index (κ3) is 2.01. The molecule has 0 aromatic carbocycles. The average molecular weight is 211 g/mol. The first-order valence-electron chi connectivity index (χ1n) is 5.75. The van der Waals surface area contributed by atoms with Crippen molar-refractivity contribution < 1.29 is 4.79 Å². The van der Waals surface area contributed by atoms with E-state index in [1.807, 2.05) is 21.0 Å². The standard InChI is InChI=1S/C11H21N3O/c1-8(11(15)13(2)3)14-6-9-4-12-5-10(9)7-14/h8-10,12H,4-7H2,1-3H3/t8?,9-,10+. The summed E-state index contributed by atoms with van der Waals surface area (Å²) >= 11 is 0. The number of nitrogens with zero attached hydrogens (tertiary/aromatic N) is 2. The molecule has 1 N–H and O–H groups in total. The Hall–Kier alpha value is -0.610. The highest BCUT2D eigenvalue weighted by atomic mass is 16.2. The third-order valence-electron chi connectivity index (χ3n) is 3.76. The smallest absolute Gasteiger partial charge is 0.239 e. The second-order valence-corrected chi connectivity index (χ2v) is 5.04. The molecule has 4 heteroatoms. The summed E-state index contributed by atoms with van der Waals surface area (Å²) in [6, 6.07) is 0.0469. The second-order valence-electron chi connectivity index (χ2n) is 5.04. The van der Waals surface area contributed by atoms with E-state index in [0.29, 0.717) is 0 Å². The van der Waals surface area contributed by atoms with Crippen LogP contribution in [0, 0.1) is 11.8 Å². The van der Waals surface area contributed by atoms with Crippen molar-refractivity contribution in [2.24, 2.45) is 11.8 Å². The van der Waals surface area contributed by atoms with Crippen molar-refractivity contribution in [1.29, 1.82) is 0 Å². The van der Waals surface area contributed by atoms with Crippen LogP contribution in [0.3, 0.4) is 0 Å². The zero-order valence-corrected chi connectivity index (χ0v) is 9.86. The quantitative estimate of drug-likeness (QED) is 0.676. The molecule has 0 radical (unpaired) electrons. The zero-order valence-electron chi connectivity index (χ0n) is 9.86. The van der Waals surface area contributed by atoms with Crippen LogP contribution in [-0.2, 0) is 4.79 Å². The number of nitrogens with one attached hydrogen (secondary N) is 1. The molecule has 0 bridgehead atoms. The van der Waals surface area contributed by atoms with Gasteiger partial charge in [0, 0.05) is 27.2 Å². The monoisotopic (exact) mass is 211 g/mol. The molecule has 2 saturated heterocycles. The van der Waals surface area contributed by atoms with Crippen LogP contribution in [0.25, 0.3) is 0 Å². The molecule has 2 heterocycles. The third-order valence-corrected chi connectivity index (χ3v) is 3.76. The number of likely N-dealkylation sites (N-methyl/N-ethyl adjacent to an activating group) is 1. The van der Waals surface area contributed by atoms with Crippen molar-refractivity contribution in [3.63, 3.8) is 0 Å². The van der Waals surface area contributed by atoms with Gasteiger partial charge in [0.1, 0.15) is 0 Å². The maximum Gasteiger partial charge on any atom is 0.239 e. The molecular formula is C11H21N3O. The first-order chi connectivity index (χ1) is 7.09. The number of fused-ring (bicyclic) bond motifs is 1. The SMILES string of the molecule is CC(C(=O)N(C)C)N1C[C@H]2CNC[C@H]2C1. The lowest BCUT2D eigenvalue weighted by atomic mass is 10.0. The van der Waals surface area contributed by atoms with Gasteiger partial charge in [0.2, 0.25) is 5.91 Å². The Kier molecular flexibility index (Phi) is 2.98.